The Kier molecular flexibility index (Phi) is 3.48. The van der Waals surface area contributed by atoms with Crippen LogP contribution in [0.15, 0.2) is 0 Å². The van der Waals surface area contributed by atoms with E-state index in [4.69, 9.17) is 5.73 Å². The first kappa shape index (κ1) is 13.2. The van der Waals surface area contributed by atoms with Crippen molar-refractivity contribution < 1.29 is 26.4 Å². The number of rotatable bonds is 2. The number of hydrogen-bond acceptors (Lipinski definition) is 3. The first-order chi connectivity index (χ1) is 7.16. The number of primary amides is 1. The van der Waals surface area contributed by atoms with Gasteiger partial charge in [-0.25, -0.2) is 8.42 Å². The Morgan fingerprint density at radius 3 is 2.00 bits per heavy atom. The molecule has 0 aromatic carbocycles. The van der Waals surface area contributed by atoms with Crippen LogP contribution in [0.3, 0.4) is 0 Å². The molecule has 0 unspecified atom stereocenters. The van der Waals surface area contributed by atoms with Gasteiger partial charge >= 0.3 is 15.5 Å². The average Bonchev–Trinajstić information content (AvgIpc) is 2.16. The normalized spacial score (nSPS) is 20.9. The van der Waals surface area contributed by atoms with Crippen LogP contribution < -0.4 is 5.73 Å². The van der Waals surface area contributed by atoms with Crippen LogP contribution in [-0.4, -0.2) is 37.2 Å². The molecule has 9 heteroatoms. The predicted molar refractivity (Wildman–Crippen MR) is 48.5 cm³/mol. The summed E-state index contributed by atoms with van der Waals surface area (Å²) in [4.78, 5) is 10.7. The molecule has 0 aliphatic carbocycles. The molecule has 1 aliphatic rings. The molecule has 0 bridgehead atoms. The Morgan fingerprint density at radius 1 is 1.25 bits per heavy atom. The molecule has 1 amide bonds. The van der Waals surface area contributed by atoms with Crippen LogP contribution in [0.2, 0.25) is 0 Å². The van der Waals surface area contributed by atoms with Gasteiger partial charge in [0.15, 0.2) is 0 Å². The molecule has 16 heavy (non-hydrogen) atoms. The van der Waals surface area contributed by atoms with Crippen molar-refractivity contribution in [1.82, 2.24) is 4.31 Å². The highest BCUT2D eigenvalue weighted by Crippen LogP contribution is 2.30. The van der Waals surface area contributed by atoms with E-state index < -0.39 is 27.4 Å². The SMILES string of the molecule is NC(=O)C1CCN(S(=O)(=O)C(F)(F)F)CC1. The van der Waals surface area contributed by atoms with E-state index in [-0.39, 0.29) is 25.9 Å². The minimum absolute atomic E-state index is 0.0324. The van der Waals surface area contributed by atoms with Crippen molar-refractivity contribution in [1.29, 1.82) is 0 Å². The molecule has 0 aromatic rings. The highest BCUT2D eigenvalue weighted by Gasteiger charge is 2.50. The number of carbonyl (C=O) groups excluding carboxylic acids is 1. The van der Waals surface area contributed by atoms with E-state index in [0.29, 0.717) is 4.31 Å². The van der Waals surface area contributed by atoms with Gasteiger partial charge in [-0.15, -0.1) is 0 Å². The zero-order chi connectivity index (χ0) is 12.6. The summed E-state index contributed by atoms with van der Waals surface area (Å²) >= 11 is 0. The number of nitrogens with two attached hydrogens (primary N) is 1. The molecule has 1 heterocycles. The summed E-state index contributed by atoms with van der Waals surface area (Å²) in [6.07, 6.45) is 0.0648. The van der Waals surface area contributed by atoms with Gasteiger partial charge in [0.25, 0.3) is 0 Å². The molecule has 5 nitrogen and oxygen atoms in total. The van der Waals surface area contributed by atoms with E-state index in [1.54, 1.807) is 0 Å². The summed E-state index contributed by atoms with van der Waals surface area (Å²) in [5.74, 6) is -1.15. The van der Waals surface area contributed by atoms with E-state index in [1.807, 2.05) is 0 Å². The van der Waals surface area contributed by atoms with Crippen molar-refractivity contribution >= 4 is 15.9 Å². The van der Waals surface area contributed by atoms with Crippen molar-refractivity contribution in [2.24, 2.45) is 11.7 Å². The van der Waals surface area contributed by atoms with Gasteiger partial charge in [-0.05, 0) is 12.8 Å². The van der Waals surface area contributed by atoms with Gasteiger partial charge in [-0.3, -0.25) is 4.79 Å². The molecule has 0 aromatic heterocycles. The lowest BCUT2D eigenvalue weighted by Gasteiger charge is -2.29. The first-order valence-corrected chi connectivity index (χ1v) is 5.96. The van der Waals surface area contributed by atoms with Crippen molar-refractivity contribution in [3.63, 3.8) is 0 Å². The Bertz CT molecular complexity index is 371. The van der Waals surface area contributed by atoms with Crippen molar-refractivity contribution in [3.8, 4) is 0 Å². The van der Waals surface area contributed by atoms with Gasteiger partial charge in [-0.1, -0.05) is 0 Å². The van der Waals surface area contributed by atoms with E-state index in [0.717, 1.165) is 0 Å². The fourth-order valence-corrected chi connectivity index (χ4v) is 2.51. The molecule has 94 valence electrons. The standard InChI is InChI=1S/C7H11F3N2O3S/c8-7(9,10)16(14,15)12-3-1-5(2-4-12)6(11)13/h5H,1-4H2,(H2,11,13). The summed E-state index contributed by atoms with van der Waals surface area (Å²) in [5, 5.41) is 0. The number of piperidine rings is 1. The lowest BCUT2D eigenvalue weighted by molar-refractivity contribution is -0.122. The minimum Gasteiger partial charge on any atom is -0.369 e. The topological polar surface area (TPSA) is 80.5 Å². The molecule has 1 aliphatic heterocycles. The third-order valence-corrected chi connectivity index (χ3v) is 4.12. The van der Waals surface area contributed by atoms with E-state index >= 15 is 0 Å². The van der Waals surface area contributed by atoms with Crippen LogP contribution >= 0.6 is 0 Å². The molecule has 1 saturated heterocycles. The summed E-state index contributed by atoms with van der Waals surface area (Å²) in [6.45, 7) is -0.648. The Balaban J connectivity index is 2.72. The molecule has 1 rings (SSSR count). The van der Waals surface area contributed by atoms with Crippen LogP contribution in [-0.2, 0) is 14.8 Å². The Hall–Kier alpha value is -0.830. The maximum atomic E-state index is 12.2. The third-order valence-electron chi connectivity index (χ3n) is 2.49. The van der Waals surface area contributed by atoms with E-state index in [2.05, 4.69) is 0 Å². The fourth-order valence-electron chi connectivity index (χ4n) is 1.53. The Labute approximate surface area is 90.4 Å². The second-order valence-electron chi connectivity index (χ2n) is 3.53. The molecular formula is C7H11F3N2O3S. The largest absolute Gasteiger partial charge is 0.511 e. The van der Waals surface area contributed by atoms with Gasteiger partial charge in [0.2, 0.25) is 5.91 Å². The number of carbonyl (C=O) groups is 1. The Morgan fingerprint density at radius 2 is 1.69 bits per heavy atom. The van der Waals surface area contributed by atoms with Crippen molar-refractivity contribution in [2.75, 3.05) is 13.1 Å². The van der Waals surface area contributed by atoms with Crippen LogP contribution in [0, 0.1) is 5.92 Å². The first-order valence-electron chi connectivity index (χ1n) is 4.52. The highest BCUT2D eigenvalue weighted by atomic mass is 32.2. The maximum Gasteiger partial charge on any atom is 0.511 e. The van der Waals surface area contributed by atoms with Crippen LogP contribution in [0.4, 0.5) is 13.2 Å². The van der Waals surface area contributed by atoms with Crippen molar-refractivity contribution in [3.05, 3.63) is 0 Å². The number of sulfonamides is 1. The van der Waals surface area contributed by atoms with Gasteiger partial charge in [0, 0.05) is 19.0 Å². The number of alkyl halides is 3. The summed E-state index contributed by atoms with van der Waals surface area (Å²) < 4.78 is 58.7. The van der Waals surface area contributed by atoms with Gasteiger partial charge in [-0.2, -0.15) is 17.5 Å². The monoisotopic (exact) mass is 260 g/mol. The predicted octanol–water partition coefficient (Wildman–Crippen LogP) is 0.0333. The molecular weight excluding hydrogens is 249 g/mol. The summed E-state index contributed by atoms with van der Waals surface area (Å²) in [7, 11) is -5.27. The smallest absolute Gasteiger partial charge is 0.369 e. The number of hydrogen-bond donors (Lipinski definition) is 1. The van der Waals surface area contributed by atoms with Gasteiger partial charge < -0.3 is 5.73 Å². The number of amides is 1. The summed E-state index contributed by atoms with van der Waals surface area (Å²) in [6, 6.07) is 0. The maximum absolute atomic E-state index is 12.2. The van der Waals surface area contributed by atoms with Crippen molar-refractivity contribution in [2.45, 2.75) is 18.3 Å². The second-order valence-corrected chi connectivity index (χ2v) is 5.46. The third kappa shape index (κ3) is 2.46. The van der Waals surface area contributed by atoms with Gasteiger partial charge in [0.1, 0.15) is 0 Å². The molecule has 0 spiro atoms. The molecule has 0 atom stereocenters. The number of halogens is 3. The molecule has 0 radical (unpaired) electrons. The van der Waals surface area contributed by atoms with Crippen LogP contribution in [0.5, 0.6) is 0 Å². The average molecular weight is 260 g/mol. The quantitative estimate of drug-likeness (QED) is 0.760. The van der Waals surface area contributed by atoms with Gasteiger partial charge in [0.05, 0.1) is 0 Å². The molecule has 2 N–H and O–H groups in total. The van der Waals surface area contributed by atoms with E-state index in [9.17, 15) is 26.4 Å². The molecule has 0 saturated carbocycles. The second kappa shape index (κ2) is 4.21. The number of nitrogens with zero attached hydrogens (tertiary/aromatic N) is 1. The minimum atomic E-state index is -5.29. The van der Waals surface area contributed by atoms with Crippen LogP contribution in [0.25, 0.3) is 0 Å². The summed E-state index contributed by atoms with van der Waals surface area (Å²) in [5.41, 5.74) is -0.307. The van der Waals surface area contributed by atoms with Crippen LogP contribution in [0.1, 0.15) is 12.8 Å². The highest BCUT2D eigenvalue weighted by molar-refractivity contribution is 7.90. The molecule has 1 fully saturated rings. The lowest BCUT2D eigenvalue weighted by Crippen LogP contribution is -2.46. The zero-order valence-electron chi connectivity index (χ0n) is 8.20. The van der Waals surface area contributed by atoms with E-state index in [1.165, 1.54) is 0 Å². The fraction of sp³-hybridized carbons (Fsp3) is 0.857. The lowest BCUT2D eigenvalue weighted by atomic mass is 9.98. The zero-order valence-corrected chi connectivity index (χ0v) is 9.01.